The van der Waals surface area contributed by atoms with Gasteiger partial charge >= 0.3 is 0 Å². The van der Waals surface area contributed by atoms with Crippen LogP contribution in [0.5, 0.6) is 5.75 Å². The van der Waals surface area contributed by atoms with Gasteiger partial charge in [-0.25, -0.2) is 8.42 Å². The van der Waals surface area contributed by atoms with Gasteiger partial charge in [0.05, 0.1) is 11.5 Å². The summed E-state index contributed by atoms with van der Waals surface area (Å²) in [7, 11) is -1.08. The molecule has 8 heteroatoms. The molecule has 3 rings (SSSR count). The van der Waals surface area contributed by atoms with E-state index in [-0.39, 0.29) is 10.8 Å². The fourth-order valence-corrected chi connectivity index (χ4v) is 4.13. The van der Waals surface area contributed by atoms with Crippen LogP contribution < -0.4 is 15.0 Å². The molecular formula is C23H31N3O4S. The standard InChI is InChI=1S/C23H31N3O4S/c1-25-13-15-26(16-14-25)22-7-4-3-6-19(22)18-24-23(27)8-5-17-30-20-9-11-21(12-10-20)31(2,28)29/h3-4,6-7,9-12H,5,8,13-18H2,1-2H3,(H,24,27). The number of rotatable bonds is 9. The van der Waals surface area contributed by atoms with Gasteiger partial charge < -0.3 is 19.9 Å². The topological polar surface area (TPSA) is 79.0 Å². The predicted molar refractivity (Wildman–Crippen MR) is 122 cm³/mol. The van der Waals surface area contributed by atoms with Gasteiger partial charge in [0, 0.05) is 51.1 Å². The van der Waals surface area contributed by atoms with Crippen molar-refractivity contribution in [3.05, 3.63) is 54.1 Å². The van der Waals surface area contributed by atoms with E-state index in [0.29, 0.717) is 31.7 Å². The quantitative estimate of drug-likeness (QED) is 0.597. The fraction of sp³-hybridized carbons (Fsp3) is 0.435. The summed E-state index contributed by atoms with van der Waals surface area (Å²) in [6.45, 7) is 4.96. The van der Waals surface area contributed by atoms with Crippen molar-refractivity contribution in [2.45, 2.75) is 24.3 Å². The third kappa shape index (κ3) is 6.97. The number of hydrogen-bond donors (Lipinski definition) is 1. The number of sulfone groups is 1. The molecule has 0 saturated carbocycles. The first-order valence-electron chi connectivity index (χ1n) is 10.5. The van der Waals surface area contributed by atoms with Gasteiger partial charge in [-0.2, -0.15) is 0 Å². The molecule has 1 amide bonds. The molecule has 31 heavy (non-hydrogen) atoms. The van der Waals surface area contributed by atoms with Gasteiger partial charge in [0.2, 0.25) is 5.91 Å². The molecule has 0 spiro atoms. The molecule has 0 aliphatic carbocycles. The van der Waals surface area contributed by atoms with E-state index in [1.807, 2.05) is 12.1 Å². The third-order valence-electron chi connectivity index (χ3n) is 5.38. The summed E-state index contributed by atoms with van der Waals surface area (Å²) in [6, 6.07) is 14.5. The Balaban J connectivity index is 1.41. The molecule has 168 valence electrons. The number of ether oxygens (including phenoxy) is 1. The highest BCUT2D eigenvalue weighted by atomic mass is 32.2. The summed E-state index contributed by atoms with van der Waals surface area (Å²) in [5.74, 6) is 0.582. The summed E-state index contributed by atoms with van der Waals surface area (Å²) >= 11 is 0. The summed E-state index contributed by atoms with van der Waals surface area (Å²) < 4.78 is 28.6. The van der Waals surface area contributed by atoms with E-state index in [1.165, 1.54) is 24.1 Å². The Bertz CT molecular complexity index is 969. The predicted octanol–water partition coefficient (Wildman–Crippen LogP) is 2.32. The van der Waals surface area contributed by atoms with Gasteiger partial charge in [-0.3, -0.25) is 4.79 Å². The van der Waals surface area contributed by atoms with E-state index in [4.69, 9.17) is 4.74 Å². The molecule has 1 heterocycles. The normalized spacial score (nSPS) is 15.0. The lowest BCUT2D eigenvalue weighted by molar-refractivity contribution is -0.121. The van der Waals surface area contributed by atoms with Crippen molar-refractivity contribution in [2.75, 3.05) is 51.0 Å². The van der Waals surface area contributed by atoms with Crippen LogP contribution in [0.25, 0.3) is 0 Å². The maximum Gasteiger partial charge on any atom is 0.220 e. The van der Waals surface area contributed by atoms with Gasteiger partial charge in [-0.1, -0.05) is 18.2 Å². The van der Waals surface area contributed by atoms with E-state index in [1.54, 1.807) is 12.1 Å². The smallest absolute Gasteiger partial charge is 0.220 e. The zero-order valence-electron chi connectivity index (χ0n) is 18.2. The molecule has 0 unspecified atom stereocenters. The monoisotopic (exact) mass is 445 g/mol. The minimum Gasteiger partial charge on any atom is -0.494 e. The van der Waals surface area contributed by atoms with Crippen LogP contribution in [0.3, 0.4) is 0 Å². The number of amides is 1. The first kappa shape index (κ1) is 23.1. The van der Waals surface area contributed by atoms with Crippen LogP contribution >= 0.6 is 0 Å². The molecule has 1 aliphatic heterocycles. The Hall–Kier alpha value is -2.58. The van der Waals surface area contributed by atoms with Crippen molar-refractivity contribution in [3.63, 3.8) is 0 Å². The Morgan fingerprint density at radius 1 is 1.03 bits per heavy atom. The average molecular weight is 446 g/mol. The lowest BCUT2D eigenvalue weighted by atomic mass is 10.1. The molecule has 1 aliphatic rings. The highest BCUT2D eigenvalue weighted by Gasteiger charge is 2.17. The number of carbonyl (C=O) groups excluding carboxylic acids is 1. The molecule has 0 radical (unpaired) electrons. The molecule has 7 nitrogen and oxygen atoms in total. The van der Waals surface area contributed by atoms with E-state index in [9.17, 15) is 13.2 Å². The van der Waals surface area contributed by atoms with E-state index >= 15 is 0 Å². The van der Waals surface area contributed by atoms with Crippen molar-refractivity contribution in [1.29, 1.82) is 0 Å². The number of anilines is 1. The molecule has 2 aromatic carbocycles. The number of nitrogens with one attached hydrogen (secondary N) is 1. The van der Waals surface area contributed by atoms with Gasteiger partial charge in [-0.15, -0.1) is 0 Å². The molecule has 1 fully saturated rings. The van der Waals surface area contributed by atoms with Crippen LogP contribution in [0.15, 0.2) is 53.4 Å². The maximum absolute atomic E-state index is 12.3. The van der Waals surface area contributed by atoms with Crippen molar-refractivity contribution in [1.82, 2.24) is 10.2 Å². The second kappa shape index (κ2) is 10.6. The first-order chi connectivity index (χ1) is 14.8. The number of para-hydroxylation sites is 1. The van der Waals surface area contributed by atoms with Crippen LogP contribution in [-0.4, -0.2) is 65.3 Å². The third-order valence-corrected chi connectivity index (χ3v) is 6.51. The second-order valence-electron chi connectivity index (χ2n) is 7.89. The Morgan fingerprint density at radius 3 is 2.39 bits per heavy atom. The van der Waals surface area contributed by atoms with E-state index < -0.39 is 9.84 Å². The molecule has 0 aromatic heterocycles. The molecule has 0 atom stereocenters. The minimum absolute atomic E-state index is 0.01000. The van der Waals surface area contributed by atoms with Gasteiger partial charge in [0.25, 0.3) is 0 Å². The first-order valence-corrected chi connectivity index (χ1v) is 12.4. The zero-order valence-corrected chi connectivity index (χ0v) is 19.0. The van der Waals surface area contributed by atoms with E-state index in [2.05, 4.69) is 34.3 Å². The lowest BCUT2D eigenvalue weighted by Crippen LogP contribution is -2.45. The summed E-state index contributed by atoms with van der Waals surface area (Å²) in [5, 5.41) is 3.01. The van der Waals surface area contributed by atoms with Crippen molar-refractivity contribution < 1.29 is 17.9 Å². The highest BCUT2D eigenvalue weighted by Crippen LogP contribution is 2.21. The fourth-order valence-electron chi connectivity index (χ4n) is 3.50. The highest BCUT2D eigenvalue weighted by molar-refractivity contribution is 7.90. The van der Waals surface area contributed by atoms with Gasteiger partial charge in [-0.05, 0) is 49.4 Å². The largest absolute Gasteiger partial charge is 0.494 e. The number of carbonyl (C=O) groups is 1. The zero-order chi connectivity index (χ0) is 22.3. The maximum atomic E-state index is 12.3. The van der Waals surface area contributed by atoms with Crippen LogP contribution in [-0.2, 0) is 21.2 Å². The Kier molecular flexibility index (Phi) is 7.92. The molecule has 0 bridgehead atoms. The molecular weight excluding hydrogens is 414 g/mol. The summed E-state index contributed by atoms with van der Waals surface area (Å²) in [5.41, 5.74) is 2.32. The summed E-state index contributed by atoms with van der Waals surface area (Å²) in [4.78, 5) is 17.2. The van der Waals surface area contributed by atoms with E-state index in [0.717, 1.165) is 31.7 Å². The molecule has 2 aromatic rings. The number of piperazine rings is 1. The van der Waals surface area contributed by atoms with Crippen molar-refractivity contribution >= 4 is 21.4 Å². The van der Waals surface area contributed by atoms with Gasteiger partial charge in [0.1, 0.15) is 5.75 Å². The SMILES string of the molecule is CN1CCN(c2ccccc2CNC(=O)CCCOc2ccc(S(C)(=O)=O)cc2)CC1. The Labute approximate surface area is 184 Å². The number of likely N-dealkylation sites (N-methyl/N-ethyl adjacent to an activating group) is 1. The van der Waals surface area contributed by atoms with Crippen LogP contribution in [0.1, 0.15) is 18.4 Å². The number of hydrogen-bond acceptors (Lipinski definition) is 6. The average Bonchev–Trinajstić information content (AvgIpc) is 2.76. The summed E-state index contributed by atoms with van der Waals surface area (Å²) in [6.07, 6.45) is 2.13. The molecule has 1 saturated heterocycles. The lowest BCUT2D eigenvalue weighted by Gasteiger charge is -2.35. The number of benzene rings is 2. The van der Waals surface area contributed by atoms with Crippen LogP contribution in [0, 0.1) is 0 Å². The van der Waals surface area contributed by atoms with Crippen LogP contribution in [0.2, 0.25) is 0 Å². The Morgan fingerprint density at radius 2 is 1.71 bits per heavy atom. The number of nitrogens with zero attached hydrogens (tertiary/aromatic N) is 2. The second-order valence-corrected chi connectivity index (χ2v) is 9.91. The van der Waals surface area contributed by atoms with Crippen molar-refractivity contribution in [2.24, 2.45) is 0 Å². The van der Waals surface area contributed by atoms with Gasteiger partial charge in [0.15, 0.2) is 9.84 Å². The van der Waals surface area contributed by atoms with Crippen LogP contribution in [0.4, 0.5) is 5.69 Å². The molecule has 1 N–H and O–H groups in total. The minimum atomic E-state index is -3.21. The van der Waals surface area contributed by atoms with Crippen molar-refractivity contribution in [3.8, 4) is 5.75 Å².